The largest absolute Gasteiger partial charge is 0.248 e. The predicted molar refractivity (Wildman–Crippen MR) is 233 cm³/mol. The first-order chi connectivity index (χ1) is 27.7. The van der Waals surface area contributed by atoms with Crippen LogP contribution in [0.2, 0.25) is 0 Å². The van der Waals surface area contributed by atoms with Crippen molar-refractivity contribution < 1.29 is 0 Å². The molecule has 2 heterocycles. The number of benzene rings is 8. The molecule has 0 radical (unpaired) electrons. The number of pyridine rings is 1. The molecule has 0 aliphatic carbocycles. The smallest absolute Gasteiger partial charge is 0.160 e. The van der Waals surface area contributed by atoms with Gasteiger partial charge in [-0.15, -0.1) is 0 Å². The molecule has 0 amide bonds. The minimum Gasteiger partial charge on any atom is -0.248 e. The van der Waals surface area contributed by atoms with Crippen LogP contribution < -0.4 is 0 Å². The minimum atomic E-state index is 0.675. The van der Waals surface area contributed by atoms with Gasteiger partial charge in [-0.2, -0.15) is 0 Å². The van der Waals surface area contributed by atoms with Crippen LogP contribution in [0, 0.1) is 0 Å². The van der Waals surface area contributed by atoms with Crippen molar-refractivity contribution in [3.05, 3.63) is 212 Å². The van der Waals surface area contributed by atoms with Crippen molar-refractivity contribution in [2.24, 2.45) is 0 Å². The fourth-order valence-electron chi connectivity index (χ4n) is 7.74. The fraction of sp³-hybridized carbons (Fsp3) is 0. The summed E-state index contributed by atoms with van der Waals surface area (Å²) in [4.78, 5) is 15.8. The summed E-state index contributed by atoms with van der Waals surface area (Å²) in [5.41, 5.74) is 14.6. The number of nitrogens with zero attached hydrogens (tertiary/aromatic N) is 3. The lowest BCUT2D eigenvalue weighted by Crippen LogP contribution is -1.97. The molecule has 3 heteroatoms. The Morgan fingerprint density at radius 1 is 0.250 bits per heavy atom. The monoisotopic (exact) mass is 713 g/mol. The Balaban J connectivity index is 1.16. The summed E-state index contributed by atoms with van der Waals surface area (Å²) in [6.07, 6.45) is 0. The third-order valence-electron chi connectivity index (χ3n) is 10.5. The van der Waals surface area contributed by atoms with Crippen molar-refractivity contribution in [1.29, 1.82) is 0 Å². The maximum Gasteiger partial charge on any atom is 0.160 e. The van der Waals surface area contributed by atoms with Gasteiger partial charge in [0.1, 0.15) is 0 Å². The van der Waals surface area contributed by atoms with Gasteiger partial charge in [-0.05, 0) is 74.5 Å². The van der Waals surface area contributed by atoms with Crippen LogP contribution in [-0.4, -0.2) is 15.0 Å². The highest BCUT2D eigenvalue weighted by molar-refractivity contribution is 6.18. The molecule has 56 heavy (non-hydrogen) atoms. The summed E-state index contributed by atoms with van der Waals surface area (Å²) in [7, 11) is 0. The van der Waals surface area contributed by atoms with Gasteiger partial charge >= 0.3 is 0 Å². The van der Waals surface area contributed by atoms with Crippen LogP contribution in [0.5, 0.6) is 0 Å². The van der Waals surface area contributed by atoms with E-state index in [1.807, 2.05) is 18.2 Å². The van der Waals surface area contributed by atoms with Gasteiger partial charge < -0.3 is 0 Å². The van der Waals surface area contributed by atoms with Crippen molar-refractivity contribution >= 4 is 21.7 Å². The van der Waals surface area contributed by atoms with Gasteiger partial charge in [0.05, 0.1) is 22.6 Å². The molecule has 10 rings (SSSR count). The Labute approximate surface area is 326 Å². The Morgan fingerprint density at radius 2 is 0.714 bits per heavy atom. The Morgan fingerprint density at radius 3 is 1.38 bits per heavy atom. The van der Waals surface area contributed by atoms with Crippen LogP contribution in [0.15, 0.2) is 212 Å². The highest BCUT2D eigenvalue weighted by atomic mass is 14.9. The van der Waals surface area contributed by atoms with E-state index in [1.54, 1.807) is 0 Å². The number of aromatic nitrogens is 3. The van der Waals surface area contributed by atoms with E-state index >= 15 is 0 Å². The first kappa shape index (κ1) is 33.1. The number of hydrogen-bond donors (Lipinski definition) is 0. The van der Waals surface area contributed by atoms with Crippen molar-refractivity contribution in [3.8, 4) is 78.5 Å². The molecule has 10 aromatic rings. The van der Waals surface area contributed by atoms with E-state index < -0.39 is 0 Å². The average Bonchev–Trinajstić information content (AvgIpc) is 3.29. The standard InChI is InChI=1S/C53H35N3/c1-5-17-36(18-6-1)40-25-15-27-42(31-40)50-35-49(39-23-11-4-12-24-39)55-53(56-50)43-28-16-26-41(32-43)46-33-51-52(45-30-14-13-29-44(45)46)47(37-19-7-2-8-20-37)34-48(54-51)38-21-9-3-10-22-38/h1-35H. The molecule has 0 saturated heterocycles. The van der Waals surface area contributed by atoms with Gasteiger partial charge in [0.2, 0.25) is 0 Å². The molecular weight excluding hydrogens is 679 g/mol. The van der Waals surface area contributed by atoms with E-state index in [4.69, 9.17) is 15.0 Å². The molecule has 0 fully saturated rings. The number of fused-ring (bicyclic) bond motifs is 3. The van der Waals surface area contributed by atoms with Crippen LogP contribution >= 0.6 is 0 Å². The lowest BCUT2D eigenvalue weighted by Gasteiger charge is -2.16. The lowest BCUT2D eigenvalue weighted by molar-refractivity contribution is 1.18. The zero-order valence-electron chi connectivity index (χ0n) is 30.5. The molecule has 0 saturated carbocycles. The summed E-state index contributed by atoms with van der Waals surface area (Å²) in [5.74, 6) is 0.675. The van der Waals surface area contributed by atoms with E-state index in [0.29, 0.717) is 5.82 Å². The Hall–Kier alpha value is -7.49. The van der Waals surface area contributed by atoms with E-state index in [-0.39, 0.29) is 0 Å². The maximum atomic E-state index is 5.34. The zero-order valence-corrected chi connectivity index (χ0v) is 30.5. The molecule has 8 aromatic carbocycles. The molecule has 0 aliphatic heterocycles. The molecule has 0 N–H and O–H groups in total. The summed E-state index contributed by atoms with van der Waals surface area (Å²) in [6, 6.07) is 74.5. The first-order valence-corrected chi connectivity index (χ1v) is 18.9. The molecule has 2 aromatic heterocycles. The highest BCUT2D eigenvalue weighted by Crippen LogP contribution is 2.41. The minimum absolute atomic E-state index is 0.675. The van der Waals surface area contributed by atoms with Gasteiger partial charge in [-0.1, -0.05) is 182 Å². The van der Waals surface area contributed by atoms with Crippen LogP contribution in [0.1, 0.15) is 0 Å². The summed E-state index contributed by atoms with van der Waals surface area (Å²) in [6.45, 7) is 0. The Kier molecular flexibility index (Phi) is 8.51. The van der Waals surface area contributed by atoms with Gasteiger partial charge in [0, 0.05) is 27.6 Å². The van der Waals surface area contributed by atoms with Gasteiger partial charge in [-0.3, -0.25) is 0 Å². The molecule has 0 bridgehead atoms. The topological polar surface area (TPSA) is 38.7 Å². The normalized spacial score (nSPS) is 11.2. The molecule has 0 unspecified atom stereocenters. The van der Waals surface area contributed by atoms with E-state index in [9.17, 15) is 0 Å². The second kappa shape index (κ2) is 14.4. The third-order valence-corrected chi connectivity index (χ3v) is 10.5. The van der Waals surface area contributed by atoms with Gasteiger partial charge in [0.25, 0.3) is 0 Å². The zero-order chi connectivity index (χ0) is 37.3. The first-order valence-electron chi connectivity index (χ1n) is 18.9. The summed E-state index contributed by atoms with van der Waals surface area (Å²) >= 11 is 0. The second-order valence-corrected chi connectivity index (χ2v) is 14.0. The molecule has 262 valence electrons. The van der Waals surface area contributed by atoms with E-state index in [2.05, 4.69) is 194 Å². The van der Waals surface area contributed by atoms with E-state index in [0.717, 1.165) is 72.5 Å². The van der Waals surface area contributed by atoms with Crippen LogP contribution in [0.3, 0.4) is 0 Å². The van der Waals surface area contributed by atoms with E-state index in [1.165, 1.54) is 21.9 Å². The average molecular weight is 714 g/mol. The number of hydrogen-bond acceptors (Lipinski definition) is 3. The highest BCUT2D eigenvalue weighted by Gasteiger charge is 2.18. The predicted octanol–water partition coefficient (Wildman–Crippen LogP) is 13.8. The quantitative estimate of drug-likeness (QED) is 0.154. The number of rotatable bonds is 7. The van der Waals surface area contributed by atoms with Crippen LogP contribution in [0.25, 0.3) is 100 Å². The van der Waals surface area contributed by atoms with Crippen molar-refractivity contribution in [2.45, 2.75) is 0 Å². The summed E-state index contributed by atoms with van der Waals surface area (Å²) in [5, 5.41) is 3.48. The molecule has 0 atom stereocenters. The molecule has 0 spiro atoms. The molecular formula is C53H35N3. The SMILES string of the molecule is c1ccc(-c2cccc(-c3cc(-c4ccccc4)nc(-c4cccc(-c5cc6nc(-c7ccccc7)cc(-c7ccccc7)c6c6ccccc56)c4)n3)c2)cc1. The van der Waals surface area contributed by atoms with Crippen molar-refractivity contribution in [3.63, 3.8) is 0 Å². The lowest BCUT2D eigenvalue weighted by atomic mass is 9.90. The van der Waals surface area contributed by atoms with Crippen molar-refractivity contribution in [1.82, 2.24) is 15.0 Å². The Bertz CT molecular complexity index is 3000. The summed E-state index contributed by atoms with van der Waals surface area (Å²) < 4.78 is 0. The van der Waals surface area contributed by atoms with Crippen LogP contribution in [0.4, 0.5) is 0 Å². The maximum absolute atomic E-state index is 5.34. The molecule has 3 nitrogen and oxygen atoms in total. The third kappa shape index (κ3) is 6.31. The van der Waals surface area contributed by atoms with Gasteiger partial charge in [-0.25, -0.2) is 15.0 Å². The van der Waals surface area contributed by atoms with Gasteiger partial charge in [0.15, 0.2) is 5.82 Å². The molecule has 0 aliphatic rings. The fourth-order valence-corrected chi connectivity index (χ4v) is 7.74. The van der Waals surface area contributed by atoms with Crippen LogP contribution in [-0.2, 0) is 0 Å². The van der Waals surface area contributed by atoms with Crippen molar-refractivity contribution in [2.75, 3.05) is 0 Å². The second-order valence-electron chi connectivity index (χ2n) is 14.0.